The molecule has 0 amide bonds. The molecule has 0 spiro atoms. The Kier molecular flexibility index (Phi) is 2.62. The Balaban J connectivity index is 2.01. The SMILES string of the molecule is C1=CN=C(N2CCCNC2)NC=C1. The van der Waals surface area contributed by atoms with E-state index in [0.717, 1.165) is 25.7 Å². The van der Waals surface area contributed by atoms with Gasteiger partial charge in [-0.05, 0) is 25.1 Å². The summed E-state index contributed by atoms with van der Waals surface area (Å²) >= 11 is 0. The highest BCUT2D eigenvalue weighted by atomic mass is 15.3. The van der Waals surface area contributed by atoms with Gasteiger partial charge in [0.15, 0.2) is 0 Å². The zero-order valence-electron chi connectivity index (χ0n) is 7.53. The van der Waals surface area contributed by atoms with Gasteiger partial charge in [-0.2, -0.15) is 0 Å². The maximum Gasteiger partial charge on any atom is 0.203 e. The molecule has 4 nitrogen and oxygen atoms in total. The van der Waals surface area contributed by atoms with E-state index in [-0.39, 0.29) is 0 Å². The molecule has 2 rings (SSSR count). The van der Waals surface area contributed by atoms with Crippen molar-refractivity contribution in [3.05, 3.63) is 24.6 Å². The first-order chi connectivity index (χ1) is 6.47. The number of nitrogens with one attached hydrogen (secondary N) is 2. The van der Waals surface area contributed by atoms with E-state index in [1.807, 2.05) is 18.4 Å². The fourth-order valence-corrected chi connectivity index (χ4v) is 1.42. The number of allylic oxidation sites excluding steroid dienone is 2. The summed E-state index contributed by atoms with van der Waals surface area (Å²) in [5.74, 6) is 0.928. The Hall–Kier alpha value is -1.29. The Labute approximate surface area is 78.0 Å². The van der Waals surface area contributed by atoms with Crippen molar-refractivity contribution >= 4 is 5.96 Å². The van der Waals surface area contributed by atoms with Crippen molar-refractivity contribution in [1.29, 1.82) is 0 Å². The van der Waals surface area contributed by atoms with Gasteiger partial charge in [-0.25, -0.2) is 4.99 Å². The van der Waals surface area contributed by atoms with E-state index < -0.39 is 0 Å². The van der Waals surface area contributed by atoms with Crippen LogP contribution in [0.2, 0.25) is 0 Å². The third-order valence-electron chi connectivity index (χ3n) is 2.09. The van der Waals surface area contributed by atoms with Crippen molar-refractivity contribution in [2.24, 2.45) is 4.99 Å². The molecule has 13 heavy (non-hydrogen) atoms. The van der Waals surface area contributed by atoms with Crippen LogP contribution in [0.15, 0.2) is 29.5 Å². The Morgan fingerprint density at radius 2 is 2.38 bits per heavy atom. The Bertz CT molecular complexity index is 248. The molecule has 0 radical (unpaired) electrons. The topological polar surface area (TPSA) is 39.7 Å². The summed E-state index contributed by atoms with van der Waals surface area (Å²) in [5.41, 5.74) is 0. The largest absolute Gasteiger partial charge is 0.332 e. The maximum absolute atomic E-state index is 4.30. The molecule has 70 valence electrons. The standard InChI is InChI=1S/C9H14N4/c1-2-6-12-9(11-5-1)13-7-3-4-10-8-13/h1-2,5-6,10H,3-4,7-8H2,(H,11,12). The van der Waals surface area contributed by atoms with Crippen molar-refractivity contribution in [3.63, 3.8) is 0 Å². The van der Waals surface area contributed by atoms with Crippen LogP contribution in [-0.2, 0) is 0 Å². The van der Waals surface area contributed by atoms with Crippen LogP contribution in [-0.4, -0.2) is 30.6 Å². The van der Waals surface area contributed by atoms with Gasteiger partial charge in [0.1, 0.15) is 0 Å². The molecular formula is C9H14N4. The second-order valence-corrected chi connectivity index (χ2v) is 3.07. The van der Waals surface area contributed by atoms with Crippen molar-refractivity contribution in [2.75, 3.05) is 19.8 Å². The van der Waals surface area contributed by atoms with E-state index in [1.54, 1.807) is 6.20 Å². The smallest absolute Gasteiger partial charge is 0.203 e. The summed E-state index contributed by atoms with van der Waals surface area (Å²) in [6.07, 6.45) is 8.73. The van der Waals surface area contributed by atoms with Crippen molar-refractivity contribution < 1.29 is 0 Å². The molecule has 1 saturated heterocycles. The first kappa shape index (κ1) is 8.31. The van der Waals surface area contributed by atoms with Gasteiger partial charge in [-0.3, -0.25) is 5.32 Å². The molecule has 0 bridgehead atoms. The summed E-state index contributed by atoms with van der Waals surface area (Å²) in [5, 5.41) is 6.45. The van der Waals surface area contributed by atoms with Crippen LogP contribution >= 0.6 is 0 Å². The van der Waals surface area contributed by atoms with Crippen LogP contribution in [0.3, 0.4) is 0 Å². The Morgan fingerprint density at radius 3 is 3.23 bits per heavy atom. The first-order valence-corrected chi connectivity index (χ1v) is 4.58. The van der Waals surface area contributed by atoms with Crippen LogP contribution in [0.5, 0.6) is 0 Å². The minimum atomic E-state index is 0.882. The van der Waals surface area contributed by atoms with Crippen LogP contribution in [0.25, 0.3) is 0 Å². The summed E-state index contributed by atoms with van der Waals surface area (Å²) in [4.78, 5) is 6.49. The quantitative estimate of drug-likeness (QED) is 0.557. The molecule has 0 atom stereocenters. The van der Waals surface area contributed by atoms with E-state index in [2.05, 4.69) is 20.5 Å². The van der Waals surface area contributed by atoms with Gasteiger partial charge in [0, 0.05) is 18.9 Å². The van der Waals surface area contributed by atoms with E-state index in [0.29, 0.717) is 0 Å². The predicted molar refractivity (Wildman–Crippen MR) is 53.0 cm³/mol. The van der Waals surface area contributed by atoms with Crippen molar-refractivity contribution in [3.8, 4) is 0 Å². The van der Waals surface area contributed by atoms with Gasteiger partial charge in [-0.15, -0.1) is 0 Å². The van der Waals surface area contributed by atoms with Crippen molar-refractivity contribution in [2.45, 2.75) is 6.42 Å². The lowest BCUT2D eigenvalue weighted by Gasteiger charge is -2.29. The number of nitrogens with zero attached hydrogens (tertiary/aromatic N) is 2. The lowest BCUT2D eigenvalue weighted by Crippen LogP contribution is -2.48. The minimum absolute atomic E-state index is 0.882. The molecule has 1 fully saturated rings. The Morgan fingerprint density at radius 1 is 1.38 bits per heavy atom. The second-order valence-electron chi connectivity index (χ2n) is 3.07. The lowest BCUT2D eigenvalue weighted by molar-refractivity contribution is 0.318. The zero-order valence-corrected chi connectivity index (χ0v) is 7.53. The van der Waals surface area contributed by atoms with Gasteiger partial charge in [0.2, 0.25) is 5.96 Å². The van der Waals surface area contributed by atoms with Gasteiger partial charge in [-0.1, -0.05) is 0 Å². The second kappa shape index (κ2) is 4.09. The fraction of sp³-hybridized carbons (Fsp3) is 0.444. The molecule has 2 heterocycles. The molecule has 0 aromatic heterocycles. The van der Waals surface area contributed by atoms with E-state index in [1.165, 1.54) is 6.42 Å². The first-order valence-electron chi connectivity index (χ1n) is 4.58. The lowest BCUT2D eigenvalue weighted by atomic mass is 10.3. The normalized spacial score (nSPS) is 22.2. The highest BCUT2D eigenvalue weighted by molar-refractivity contribution is 5.81. The molecular weight excluding hydrogens is 164 g/mol. The molecule has 0 saturated carbocycles. The summed E-state index contributed by atoms with van der Waals surface area (Å²) in [6.45, 7) is 3.06. The number of hydrogen-bond donors (Lipinski definition) is 2. The molecule has 0 aliphatic carbocycles. The number of guanidine groups is 1. The van der Waals surface area contributed by atoms with Gasteiger partial charge >= 0.3 is 0 Å². The van der Waals surface area contributed by atoms with Gasteiger partial charge in [0.05, 0.1) is 6.67 Å². The fourth-order valence-electron chi connectivity index (χ4n) is 1.42. The van der Waals surface area contributed by atoms with E-state index in [4.69, 9.17) is 0 Å². The third-order valence-corrected chi connectivity index (χ3v) is 2.09. The van der Waals surface area contributed by atoms with E-state index >= 15 is 0 Å². The minimum Gasteiger partial charge on any atom is -0.332 e. The van der Waals surface area contributed by atoms with Crippen LogP contribution in [0.4, 0.5) is 0 Å². The summed E-state index contributed by atoms with van der Waals surface area (Å²) in [7, 11) is 0. The molecule has 4 heteroatoms. The molecule has 0 unspecified atom stereocenters. The van der Waals surface area contributed by atoms with Gasteiger partial charge < -0.3 is 10.2 Å². The van der Waals surface area contributed by atoms with Crippen LogP contribution in [0.1, 0.15) is 6.42 Å². The average Bonchev–Trinajstić information content (AvgIpc) is 2.47. The maximum atomic E-state index is 4.30. The predicted octanol–water partition coefficient (Wildman–Crippen LogP) is 0.226. The third kappa shape index (κ3) is 2.09. The highest BCUT2D eigenvalue weighted by Gasteiger charge is 2.12. The van der Waals surface area contributed by atoms with E-state index in [9.17, 15) is 0 Å². The number of rotatable bonds is 0. The molecule has 2 aliphatic heterocycles. The van der Waals surface area contributed by atoms with Crippen LogP contribution < -0.4 is 10.6 Å². The monoisotopic (exact) mass is 178 g/mol. The molecule has 2 N–H and O–H groups in total. The molecule has 0 aromatic rings. The summed E-state index contributed by atoms with van der Waals surface area (Å²) < 4.78 is 0. The highest BCUT2D eigenvalue weighted by Crippen LogP contribution is 1.98. The summed E-state index contributed by atoms with van der Waals surface area (Å²) in [6, 6.07) is 0. The van der Waals surface area contributed by atoms with Gasteiger partial charge in [0.25, 0.3) is 0 Å². The molecule has 0 aromatic carbocycles. The van der Waals surface area contributed by atoms with Crippen LogP contribution in [0, 0.1) is 0 Å². The van der Waals surface area contributed by atoms with Crippen molar-refractivity contribution in [1.82, 2.24) is 15.5 Å². The number of hydrogen-bond acceptors (Lipinski definition) is 4. The molecule has 2 aliphatic rings. The average molecular weight is 178 g/mol. The number of aliphatic imine (C=N–C) groups is 1. The zero-order chi connectivity index (χ0) is 8.93.